The molecule has 0 aliphatic rings. The van der Waals surface area contributed by atoms with E-state index in [-0.39, 0.29) is 5.91 Å². The van der Waals surface area contributed by atoms with Gasteiger partial charge in [-0.3, -0.25) is 9.59 Å². The van der Waals surface area contributed by atoms with E-state index in [2.05, 4.69) is 5.32 Å². The van der Waals surface area contributed by atoms with E-state index in [9.17, 15) is 14.7 Å². The van der Waals surface area contributed by atoms with Crippen LogP contribution in [-0.2, 0) is 4.79 Å². The van der Waals surface area contributed by atoms with E-state index < -0.39 is 17.9 Å². The minimum absolute atomic E-state index is 0.337. The summed E-state index contributed by atoms with van der Waals surface area (Å²) in [5.74, 6) is -0.889. The highest BCUT2D eigenvalue weighted by molar-refractivity contribution is 5.95. The molecule has 116 valence electrons. The zero-order valence-corrected chi connectivity index (χ0v) is 12.8. The number of aliphatic carboxylic acids is 1. The third-order valence-corrected chi connectivity index (χ3v) is 3.62. The van der Waals surface area contributed by atoms with Crippen LogP contribution in [0.1, 0.15) is 40.4 Å². The summed E-state index contributed by atoms with van der Waals surface area (Å²) in [6.45, 7) is 5.05. The first-order valence-corrected chi connectivity index (χ1v) is 7.05. The Kier molecular flexibility index (Phi) is 4.65. The van der Waals surface area contributed by atoms with Crippen LogP contribution >= 0.6 is 0 Å². The van der Waals surface area contributed by atoms with Crippen molar-refractivity contribution < 1.29 is 19.1 Å². The standard InChI is InChI=1S/C17H19NO4/c1-10-9-14(12(3)22-10)16(19)18-15(11(2)17(20)21)13-7-5-4-6-8-13/h4-9,11,15H,1-3H3,(H,18,19)(H,20,21). The summed E-state index contributed by atoms with van der Waals surface area (Å²) in [4.78, 5) is 23.8. The van der Waals surface area contributed by atoms with Crippen molar-refractivity contribution in [2.24, 2.45) is 5.92 Å². The Balaban J connectivity index is 2.29. The van der Waals surface area contributed by atoms with Crippen molar-refractivity contribution in [2.45, 2.75) is 26.8 Å². The lowest BCUT2D eigenvalue weighted by atomic mass is 9.94. The molecule has 5 heteroatoms. The second kappa shape index (κ2) is 6.47. The highest BCUT2D eigenvalue weighted by Gasteiger charge is 2.28. The number of nitrogens with one attached hydrogen (secondary N) is 1. The van der Waals surface area contributed by atoms with Gasteiger partial charge in [0.15, 0.2) is 0 Å². The molecule has 1 heterocycles. The molecule has 0 aliphatic carbocycles. The average molecular weight is 301 g/mol. The van der Waals surface area contributed by atoms with Crippen LogP contribution in [0.3, 0.4) is 0 Å². The molecule has 0 radical (unpaired) electrons. The van der Waals surface area contributed by atoms with Crippen LogP contribution < -0.4 is 5.32 Å². The van der Waals surface area contributed by atoms with Crippen molar-refractivity contribution in [3.05, 3.63) is 59.0 Å². The number of furan rings is 1. The monoisotopic (exact) mass is 301 g/mol. The Labute approximate surface area is 129 Å². The number of benzene rings is 1. The number of carbonyl (C=O) groups excluding carboxylic acids is 1. The molecule has 2 unspecified atom stereocenters. The number of carboxylic acid groups (broad SMARTS) is 1. The van der Waals surface area contributed by atoms with Crippen LogP contribution in [0.5, 0.6) is 0 Å². The fraction of sp³-hybridized carbons (Fsp3) is 0.294. The first-order valence-electron chi connectivity index (χ1n) is 7.05. The van der Waals surface area contributed by atoms with Crippen molar-refractivity contribution in [3.63, 3.8) is 0 Å². The molecule has 0 saturated carbocycles. The van der Waals surface area contributed by atoms with Gasteiger partial charge in [0.2, 0.25) is 0 Å². The molecule has 2 atom stereocenters. The Bertz CT molecular complexity index is 675. The normalized spacial score (nSPS) is 13.4. The quantitative estimate of drug-likeness (QED) is 0.889. The molecule has 2 aromatic rings. The lowest BCUT2D eigenvalue weighted by molar-refractivity contribution is -0.142. The number of hydrogen-bond donors (Lipinski definition) is 2. The fourth-order valence-corrected chi connectivity index (χ4v) is 2.38. The van der Waals surface area contributed by atoms with E-state index in [4.69, 9.17) is 4.42 Å². The van der Waals surface area contributed by atoms with Crippen molar-refractivity contribution in [1.82, 2.24) is 5.32 Å². The van der Waals surface area contributed by atoms with Gasteiger partial charge in [0.25, 0.3) is 5.91 Å². The zero-order chi connectivity index (χ0) is 16.3. The maximum atomic E-state index is 12.4. The first kappa shape index (κ1) is 15.8. The van der Waals surface area contributed by atoms with E-state index in [0.717, 1.165) is 5.56 Å². The molecule has 22 heavy (non-hydrogen) atoms. The maximum absolute atomic E-state index is 12.4. The minimum atomic E-state index is -0.964. The topological polar surface area (TPSA) is 79.5 Å². The second-order valence-corrected chi connectivity index (χ2v) is 5.32. The SMILES string of the molecule is Cc1cc(C(=O)NC(c2ccccc2)C(C)C(=O)O)c(C)o1. The highest BCUT2D eigenvalue weighted by atomic mass is 16.4. The molecule has 0 saturated heterocycles. The van der Waals surface area contributed by atoms with Crippen LogP contribution in [0.15, 0.2) is 40.8 Å². The Hall–Kier alpha value is -2.56. The number of hydrogen-bond acceptors (Lipinski definition) is 3. The fourth-order valence-electron chi connectivity index (χ4n) is 2.38. The molecule has 5 nitrogen and oxygen atoms in total. The molecular formula is C17H19NO4. The van der Waals surface area contributed by atoms with Gasteiger partial charge in [-0.1, -0.05) is 30.3 Å². The van der Waals surface area contributed by atoms with E-state index in [1.54, 1.807) is 39.0 Å². The van der Waals surface area contributed by atoms with Gasteiger partial charge in [-0.15, -0.1) is 0 Å². The van der Waals surface area contributed by atoms with Crippen molar-refractivity contribution in [2.75, 3.05) is 0 Å². The summed E-state index contributed by atoms with van der Waals surface area (Å²) in [7, 11) is 0. The number of amides is 1. The van der Waals surface area contributed by atoms with Crippen molar-refractivity contribution >= 4 is 11.9 Å². The molecule has 0 aliphatic heterocycles. The van der Waals surface area contributed by atoms with Crippen molar-refractivity contribution in [1.29, 1.82) is 0 Å². The van der Waals surface area contributed by atoms with Gasteiger partial charge in [0, 0.05) is 0 Å². The molecule has 0 fully saturated rings. The van der Waals surface area contributed by atoms with Crippen molar-refractivity contribution in [3.8, 4) is 0 Å². The lowest BCUT2D eigenvalue weighted by Gasteiger charge is -2.22. The summed E-state index contributed by atoms with van der Waals surface area (Å²) in [6.07, 6.45) is 0. The smallest absolute Gasteiger partial charge is 0.308 e. The van der Waals surface area contributed by atoms with E-state index in [0.29, 0.717) is 17.1 Å². The Morgan fingerprint density at radius 1 is 1.18 bits per heavy atom. The molecule has 2 N–H and O–H groups in total. The van der Waals surface area contributed by atoms with Gasteiger partial charge < -0.3 is 14.8 Å². The van der Waals surface area contributed by atoms with Gasteiger partial charge in [-0.2, -0.15) is 0 Å². The largest absolute Gasteiger partial charge is 0.481 e. The molecule has 1 aromatic carbocycles. The van der Waals surface area contributed by atoms with Crippen LogP contribution in [0.2, 0.25) is 0 Å². The summed E-state index contributed by atoms with van der Waals surface area (Å²) in [5, 5.41) is 12.1. The maximum Gasteiger partial charge on any atom is 0.308 e. The third-order valence-electron chi connectivity index (χ3n) is 3.62. The van der Waals surface area contributed by atoms with Gasteiger partial charge in [0.05, 0.1) is 17.5 Å². The average Bonchev–Trinajstić information content (AvgIpc) is 2.83. The Morgan fingerprint density at radius 2 is 1.82 bits per heavy atom. The lowest BCUT2D eigenvalue weighted by Crippen LogP contribution is -2.35. The van der Waals surface area contributed by atoms with E-state index in [1.165, 1.54) is 0 Å². The first-order chi connectivity index (χ1) is 10.4. The van der Waals surface area contributed by atoms with Gasteiger partial charge in [0.1, 0.15) is 11.5 Å². The predicted molar refractivity (Wildman–Crippen MR) is 81.6 cm³/mol. The highest BCUT2D eigenvalue weighted by Crippen LogP contribution is 2.23. The van der Waals surface area contributed by atoms with E-state index in [1.807, 2.05) is 18.2 Å². The number of aryl methyl sites for hydroxylation is 2. The van der Waals surface area contributed by atoms with Gasteiger partial charge in [-0.25, -0.2) is 0 Å². The number of carbonyl (C=O) groups is 2. The predicted octanol–water partition coefficient (Wildman–Crippen LogP) is 3.09. The molecule has 0 spiro atoms. The van der Waals surface area contributed by atoms with Crippen LogP contribution in [-0.4, -0.2) is 17.0 Å². The van der Waals surface area contributed by atoms with Crippen LogP contribution in [0, 0.1) is 19.8 Å². The van der Waals surface area contributed by atoms with Gasteiger partial charge in [-0.05, 0) is 32.4 Å². The number of rotatable bonds is 5. The summed E-state index contributed by atoms with van der Waals surface area (Å²) in [5.41, 5.74) is 1.18. The summed E-state index contributed by atoms with van der Waals surface area (Å²) in [6, 6.07) is 10.1. The summed E-state index contributed by atoms with van der Waals surface area (Å²) >= 11 is 0. The molecule has 0 bridgehead atoms. The van der Waals surface area contributed by atoms with Crippen LogP contribution in [0.25, 0.3) is 0 Å². The minimum Gasteiger partial charge on any atom is -0.481 e. The molecule has 1 amide bonds. The van der Waals surface area contributed by atoms with E-state index >= 15 is 0 Å². The zero-order valence-electron chi connectivity index (χ0n) is 12.8. The molecule has 2 rings (SSSR count). The van der Waals surface area contributed by atoms with Crippen LogP contribution in [0.4, 0.5) is 0 Å². The number of carboxylic acids is 1. The molecular weight excluding hydrogens is 282 g/mol. The third kappa shape index (κ3) is 3.36. The molecule has 1 aromatic heterocycles. The second-order valence-electron chi connectivity index (χ2n) is 5.32. The summed E-state index contributed by atoms with van der Waals surface area (Å²) < 4.78 is 5.35. The Morgan fingerprint density at radius 3 is 2.32 bits per heavy atom. The van der Waals surface area contributed by atoms with Gasteiger partial charge >= 0.3 is 5.97 Å².